The van der Waals surface area contributed by atoms with Crippen molar-refractivity contribution in [2.24, 2.45) is 5.73 Å². The molecule has 1 aromatic carbocycles. The first-order chi connectivity index (χ1) is 12.1. The smallest absolute Gasteiger partial charge is 0.261 e. The standard InChI is InChI=1S/C18H15N3O4/c19-16(22)15(11-5-2-1-3-6-11)21-18(24)12-8-9-13(20-17(12)23)14-7-4-10-25-14/h1-10,15H,(H2,19,22)(H,20,23)(H,21,24). The fourth-order valence-electron chi connectivity index (χ4n) is 2.40. The van der Waals surface area contributed by atoms with Crippen LogP contribution in [0.3, 0.4) is 0 Å². The van der Waals surface area contributed by atoms with Crippen LogP contribution in [0.15, 0.2) is 70.1 Å². The molecule has 0 aliphatic heterocycles. The molecule has 7 nitrogen and oxygen atoms in total. The maximum atomic E-state index is 12.4. The Morgan fingerprint density at radius 1 is 1.04 bits per heavy atom. The first-order valence-electron chi connectivity index (χ1n) is 7.48. The number of furan rings is 1. The van der Waals surface area contributed by atoms with Crippen molar-refractivity contribution in [2.45, 2.75) is 6.04 Å². The van der Waals surface area contributed by atoms with E-state index in [1.54, 1.807) is 48.5 Å². The van der Waals surface area contributed by atoms with Gasteiger partial charge in [0.1, 0.15) is 17.4 Å². The highest BCUT2D eigenvalue weighted by atomic mass is 16.3. The number of nitrogens with two attached hydrogens (primary N) is 1. The fraction of sp³-hybridized carbons (Fsp3) is 0.0556. The molecule has 126 valence electrons. The summed E-state index contributed by atoms with van der Waals surface area (Å²) in [5, 5.41) is 2.49. The zero-order valence-electron chi connectivity index (χ0n) is 13.1. The van der Waals surface area contributed by atoms with E-state index in [4.69, 9.17) is 10.2 Å². The van der Waals surface area contributed by atoms with Crippen molar-refractivity contribution in [1.82, 2.24) is 10.3 Å². The summed E-state index contributed by atoms with van der Waals surface area (Å²) < 4.78 is 5.20. The molecule has 0 fully saturated rings. The van der Waals surface area contributed by atoms with Crippen LogP contribution in [0.2, 0.25) is 0 Å². The molecular weight excluding hydrogens is 322 g/mol. The van der Waals surface area contributed by atoms with Gasteiger partial charge in [-0.15, -0.1) is 0 Å². The van der Waals surface area contributed by atoms with Crippen molar-refractivity contribution in [3.05, 3.63) is 82.3 Å². The molecule has 0 aliphatic carbocycles. The van der Waals surface area contributed by atoms with Crippen LogP contribution in [0.1, 0.15) is 22.0 Å². The number of aromatic nitrogens is 1. The third kappa shape index (κ3) is 3.50. The Morgan fingerprint density at radius 3 is 2.40 bits per heavy atom. The Morgan fingerprint density at radius 2 is 1.80 bits per heavy atom. The molecule has 0 radical (unpaired) electrons. The van der Waals surface area contributed by atoms with E-state index < -0.39 is 23.4 Å². The van der Waals surface area contributed by atoms with Crippen LogP contribution in [-0.2, 0) is 4.79 Å². The highest BCUT2D eigenvalue weighted by Crippen LogP contribution is 2.16. The summed E-state index contributed by atoms with van der Waals surface area (Å²) in [6.07, 6.45) is 1.48. The number of H-pyrrole nitrogens is 1. The first kappa shape index (κ1) is 16.3. The van der Waals surface area contributed by atoms with Gasteiger partial charge in [0.15, 0.2) is 0 Å². The summed E-state index contributed by atoms with van der Waals surface area (Å²) in [7, 11) is 0. The second kappa shape index (κ2) is 6.88. The van der Waals surface area contributed by atoms with Gasteiger partial charge >= 0.3 is 0 Å². The molecule has 2 heterocycles. The Hall–Kier alpha value is -3.61. The fourth-order valence-corrected chi connectivity index (χ4v) is 2.40. The Bertz CT molecular complexity index is 946. The lowest BCUT2D eigenvalue weighted by molar-refractivity contribution is -0.120. The summed E-state index contributed by atoms with van der Waals surface area (Å²) in [5.74, 6) is -0.938. The Balaban J connectivity index is 1.85. The van der Waals surface area contributed by atoms with Gasteiger partial charge in [0.25, 0.3) is 11.5 Å². The number of nitrogens with one attached hydrogen (secondary N) is 2. The van der Waals surface area contributed by atoms with Crippen molar-refractivity contribution >= 4 is 11.8 Å². The summed E-state index contributed by atoms with van der Waals surface area (Å²) in [6.45, 7) is 0. The van der Waals surface area contributed by atoms with Crippen molar-refractivity contribution in [3.63, 3.8) is 0 Å². The summed E-state index contributed by atoms with van der Waals surface area (Å²) in [5.41, 5.74) is 5.63. The number of amides is 2. The molecule has 0 saturated heterocycles. The van der Waals surface area contributed by atoms with E-state index in [1.165, 1.54) is 12.3 Å². The van der Waals surface area contributed by atoms with Crippen LogP contribution in [0, 0.1) is 0 Å². The van der Waals surface area contributed by atoms with E-state index in [-0.39, 0.29) is 5.56 Å². The number of pyridine rings is 1. The molecule has 4 N–H and O–H groups in total. The highest BCUT2D eigenvalue weighted by Gasteiger charge is 2.22. The van der Waals surface area contributed by atoms with Gasteiger partial charge in [0.2, 0.25) is 5.91 Å². The van der Waals surface area contributed by atoms with Crippen molar-refractivity contribution < 1.29 is 14.0 Å². The Kier molecular flexibility index (Phi) is 4.47. The SMILES string of the molecule is NC(=O)C(NC(=O)c1ccc(-c2ccco2)[nH]c1=O)c1ccccc1. The van der Waals surface area contributed by atoms with Crippen molar-refractivity contribution in [2.75, 3.05) is 0 Å². The summed E-state index contributed by atoms with van der Waals surface area (Å²) in [6, 6.07) is 13.8. The number of carbonyl (C=O) groups excluding carboxylic acids is 2. The van der Waals surface area contributed by atoms with E-state index in [1.807, 2.05) is 0 Å². The second-order valence-corrected chi connectivity index (χ2v) is 5.31. The van der Waals surface area contributed by atoms with Crippen LogP contribution in [0.4, 0.5) is 0 Å². The van der Waals surface area contributed by atoms with E-state index in [0.717, 1.165) is 0 Å². The van der Waals surface area contributed by atoms with Gasteiger partial charge in [-0.1, -0.05) is 30.3 Å². The average molecular weight is 337 g/mol. The molecule has 3 rings (SSSR count). The first-order valence-corrected chi connectivity index (χ1v) is 7.48. The molecule has 1 atom stereocenters. The summed E-state index contributed by atoms with van der Waals surface area (Å²) in [4.78, 5) is 38.8. The lowest BCUT2D eigenvalue weighted by Gasteiger charge is -2.15. The van der Waals surface area contributed by atoms with E-state index in [2.05, 4.69) is 10.3 Å². The third-order valence-corrected chi connectivity index (χ3v) is 3.63. The van der Waals surface area contributed by atoms with Gasteiger partial charge in [-0.05, 0) is 29.8 Å². The summed E-state index contributed by atoms with van der Waals surface area (Å²) >= 11 is 0. The number of carbonyl (C=O) groups is 2. The number of benzene rings is 1. The largest absolute Gasteiger partial charge is 0.463 e. The molecule has 0 spiro atoms. The zero-order valence-corrected chi connectivity index (χ0v) is 13.1. The molecule has 1 unspecified atom stereocenters. The minimum Gasteiger partial charge on any atom is -0.463 e. The lowest BCUT2D eigenvalue weighted by atomic mass is 10.1. The Labute approximate surface area is 142 Å². The quantitative estimate of drug-likeness (QED) is 0.655. The van der Waals surface area contributed by atoms with Crippen LogP contribution >= 0.6 is 0 Å². The molecule has 3 aromatic rings. The van der Waals surface area contributed by atoms with Crippen LogP contribution in [0.25, 0.3) is 11.5 Å². The van der Waals surface area contributed by atoms with Crippen molar-refractivity contribution in [1.29, 1.82) is 0 Å². The zero-order chi connectivity index (χ0) is 17.8. The average Bonchev–Trinajstić information content (AvgIpc) is 3.14. The van der Waals surface area contributed by atoms with Gasteiger partial charge in [-0.25, -0.2) is 0 Å². The van der Waals surface area contributed by atoms with Gasteiger partial charge in [-0.2, -0.15) is 0 Å². The van der Waals surface area contributed by atoms with Gasteiger partial charge in [0, 0.05) is 0 Å². The predicted octanol–water partition coefficient (Wildman–Crippen LogP) is 1.59. The number of hydrogen-bond acceptors (Lipinski definition) is 4. The monoisotopic (exact) mass is 337 g/mol. The maximum absolute atomic E-state index is 12.4. The van der Waals surface area contributed by atoms with E-state index in [0.29, 0.717) is 17.0 Å². The molecule has 0 bridgehead atoms. The highest BCUT2D eigenvalue weighted by molar-refractivity contribution is 5.97. The van der Waals surface area contributed by atoms with Crippen LogP contribution in [-0.4, -0.2) is 16.8 Å². The van der Waals surface area contributed by atoms with Gasteiger partial charge < -0.3 is 20.5 Å². The molecule has 0 aliphatic rings. The predicted molar refractivity (Wildman–Crippen MR) is 90.6 cm³/mol. The molecule has 7 heteroatoms. The maximum Gasteiger partial charge on any atom is 0.261 e. The number of hydrogen-bond donors (Lipinski definition) is 3. The molecule has 2 aromatic heterocycles. The van der Waals surface area contributed by atoms with Gasteiger partial charge in [0.05, 0.1) is 12.0 Å². The van der Waals surface area contributed by atoms with E-state index in [9.17, 15) is 14.4 Å². The topological polar surface area (TPSA) is 118 Å². The second-order valence-electron chi connectivity index (χ2n) is 5.31. The lowest BCUT2D eigenvalue weighted by Crippen LogP contribution is -2.39. The third-order valence-electron chi connectivity index (χ3n) is 3.63. The van der Waals surface area contributed by atoms with Crippen LogP contribution in [0.5, 0.6) is 0 Å². The normalized spacial score (nSPS) is 11.7. The van der Waals surface area contributed by atoms with E-state index >= 15 is 0 Å². The minimum absolute atomic E-state index is 0.127. The van der Waals surface area contributed by atoms with Crippen molar-refractivity contribution in [3.8, 4) is 11.5 Å². The molecule has 2 amide bonds. The number of rotatable bonds is 5. The minimum atomic E-state index is -1.03. The van der Waals surface area contributed by atoms with Gasteiger partial charge in [-0.3, -0.25) is 14.4 Å². The number of aromatic amines is 1. The molecule has 0 saturated carbocycles. The molecule has 25 heavy (non-hydrogen) atoms. The molecular formula is C18H15N3O4. The number of primary amides is 1. The van der Waals surface area contributed by atoms with Crippen LogP contribution < -0.4 is 16.6 Å².